The molecule has 68 valence electrons. The van der Waals surface area contributed by atoms with Crippen LogP contribution in [-0.2, 0) is 18.4 Å². The molecule has 1 N–H and O–H groups in total. The molecule has 5 nitrogen and oxygen atoms in total. The molecule has 0 saturated carbocycles. The molecule has 1 aromatic heterocycles. The highest BCUT2D eigenvalue weighted by Crippen LogP contribution is 1.92. The zero-order valence-corrected chi connectivity index (χ0v) is 7.45. The molecule has 0 bridgehead atoms. The van der Waals surface area contributed by atoms with Gasteiger partial charge in [0, 0.05) is 13.6 Å². The highest BCUT2D eigenvalue weighted by molar-refractivity contribution is 4.79. The number of hydrogen-bond acceptors (Lipinski definition) is 4. The second-order valence-electron chi connectivity index (χ2n) is 2.46. The predicted molar refractivity (Wildman–Crippen MR) is 44.6 cm³/mol. The number of nitrogens with zero attached hydrogens (tertiary/aromatic N) is 3. The van der Waals surface area contributed by atoms with Gasteiger partial charge in [0.15, 0.2) is 5.82 Å². The highest BCUT2D eigenvalue weighted by atomic mass is 16.5. The summed E-state index contributed by atoms with van der Waals surface area (Å²) in [6, 6.07) is 0. The number of aryl methyl sites for hydroxylation is 1. The number of ether oxygens (including phenoxy) is 1. The van der Waals surface area contributed by atoms with Crippen molar-refractivity contribution >= 4 is 0 Å². The fourth-order valence-electron chi connectivity index (χ4n) is 0.788. The average molecular weight is 170 g/mol. The minimum atomic E-state index is 0.526. The van der Waals surface area contributed by atoms with E-state index in [2.05, 4.69) is 15.4 Å². The Morgan fingerprint density at radius 3 is 3.08 bits per heavy atom. The van der Waals surface area contributed by atoms with Crippen LogP contribution in [0.1, 0.15) is 5.82 Å². The number of hydrogen-bond donors (Lipinski definition) is 1. The summed E-state index contributed by atoms with van der Waals surface area (Å²) < 4.78 is 7.02. The van der Waals surface area contributed by atoms with Gasteiger partial charge >= 0.3 is 0 Å². The van der Waals surface area contributed by atoms with Gasteiger partial charge in [-0.1, -0.05) is 0 Å². The molecule has 1 rings (SSSR count). The third-order valence-electron chi connectivity index (χ3n) is 1.53. The van der Waals surface area contributed by atoms with Gasteiger partial charge in [-0.05, 0) is 7.05 Å². The third kappa shape index (κ3) is 2.60. The molecule has 0 aliphatic heterocycles. The van der Waals surface area contributed by atoms with Gasteiger partial charge < -0.3 is 10.1 Å². The van der Waals surface area contributed by atoms with Crippen molar-refractivity contribution in [2.75, 3.05) is 20.2 Å². The summed E-state index contributed by atoms with van der Waals surface area (Å²) in [4.78, 5) is 4.02. The van der Waals surface area contributed by atoms with Crippen LogP contribution in [0, 0.1) is 0 Å². The lowest BCUT2D eigenvalue weighted by atomic mass is 10.6. The largest absolute Gasteiger partial charge is 0.372 e. The van der Waals surface area contributed by atoms with E-state index in [9.17, 15) is 0 Å². The Hall–Kier alpha value is -0.940. The molecule has 0 fully saturated rings. The molecule has 0 radical (unpaired) electrons. The van der Waals surface area contributed by atoms with Crippen LogP contribution in [0.25, 0.3) is 0 Å². The van der Waals surface area contributed by atoms with Crippen molar-refractivity contribution in [3.8, 4) is 0 Å². The van der Waals surface area contributed by atoms with Gasteiger partial charge in [-0.25, -0.2) is 4.98 Å². The third-order valence-corrected chi connectivity index (χ3v) is 1.53. The first-order chi connectivity index (χ1) is 5.84. The van der Waals surface area contributed by atoms with Gasteiger partial charge in [0.2, 0.25) is 0 Å². The fourth-order valence-corrected chi connectivity index (χ4v) is 0.788. The fraction of sp³-hybridized carbons (Fsp3) is 0.714. The van der Waals surface area contributed by atoms with Crippen molar-refractivity contribution in [3.05, 3.63) is 12.2 Å². The van der Waals surface area contributed by atoms with Crippen molar-refractivity contribution in [1.29, 1.82) is 0 Å². The average Bonchev–Trinajstić information content (AvgIpc) is 2.46. The van der Waals surface area contributed by atoms with Crippen molar-refractivity contribution in [3.63, 3.8) is 0 Å². The molecule has 0 atom stereocenters. The number of likely N-dealkylation sites (N-methyl/N-ethyl adjacent to an activating group) is 1. The molecule has 12 heavy (non-hydrogen) atoms. The normalized spacial score (nSPS) is 10.5. The molecular weight excluding hydrogens is 156 g/mol. The first kappa shape index (κ1) is 9.15. The zero-order chi connectivity index (χ0) is 8.81. The Labute approximate surface area is 71.7 Å². The predicted octanol–water partition coefficient (Wildman–Crippen LogP) is -0.449. The summed E-state index contributed by atoms with van der Waals surface area (Å²) in [5.41, 5.74) is 0. The summed E-state index contributed by atoms with van der Waals surface area (Å²) in [7, 11) is 3.75. The number of aromatic nitrogens is 3. The molecule has 0 aliphatic carbocycles. The van der Waals surface area contributed by atoms with Crippen molar-refractivity contribution in [1.82, 2.24) is 20.1 Å². The van der Waals surface area contributed by atoms with E-state index in [1.165, 1.54) is 6.33 Å². The molecular formula is C7H14N4O. The van der Waals surface area contributed by atoms with Gasteiger partial charge in [-0.2, -0.15) is 5.10 Å². The lowest BCUT2D eigenvalue weighted by Gasteiger charge is -2.02. The highest BCUT2D eigenvalue weighted by Gasteiger charge is 1.98. The van der Waals surface area contributed by atoms with E-state index in [1.807, 2.05) is 14.1 Å². The SMILES string of the molecule is CNCCOCc1ncnn1C. The lowest BCUT2D eigenvalue weighted by Crippen LogP contribution is -2.14. The maximum Gasteiger partial charge on any atom is 0.152 e. The minimum absolute atomic E-state index is 0.526. The van der Waals surface area contributed by atoms with Gasteiger partial charge in [0.25, 0.3) is 0 Å². The molecule has 0 amide bonds. The maximum atomic E-state index is 5.31. The van der Waals surface area contributed by atoms with Crippen LogP contribution in [0.15, 0.2) is 6.33 Å². The zero-order valence-electron chi connectivity index (χ0n) is 7.45. The monoisotopic (exact) mass is 170 g/mol. The second-order valence-corrected chi connectivity index (χ2v) is 2.46. The van der Waals surface area contributed by atoms with Crippen LogP contribution in [-0.4, -0.2) is 35.0 Å². The molecule has 1 heterocycles. The standard InChI is InChI=1S/C7H14N4O/c1-8-3-4-12-5-7-9-6-10-11(7)2/h6,8H,3-5H2,1-2H3. The number of nitrogens with one attached hydrogen (secondary N) is 1. The van der Waals surface area contributed by atoms with Crippen LogP contribution in [0.3, 0.4) is 0 Å². The Morgan fingerprint density at radius 1 is 1.67 bits per heavy atom. The summed E-state index contributed by atoms with van der Waals surface area (Å²) in [5, 5.41) is 6.92. The maximum absolute atomic E-state index is 5.31. The Bertz CT molecular complexity index is 223. The smallest absolute Gasteiger partial charge is 0.152 e. The van der Waals surface area contributed by atoms with E-state index in [0.717, 1.165) is 12.4 Å². The van der Waals surface area contributed by atoms with Gasteiger partial charge in [-0.15, -0.1) is 0 Å². The second kappa shape index (κ2) is 4.84. The topological polar surface area (TPSA) is 52.0 Å². The van der Waals surface area contributed by atoms with Crippen molar-refractivity contribution in [2.45, 2.75) is 6.61 Å². The van der Waals surface area contributed by atoms with E-state index in [4.69, 9.17) is 4.74 Å². The van der Waals surface area contributed by atoms with Gasteiger partial charge in [-0.3, -0.25) is 4.68 Å². The van der Waals surface area contributed by atoms with E-state index in [0.29, 0.717) is 13.2 Å². The summed E-state index contributed by atoms with van der Waals surface area (Å²) in [6.45, 7) is 2.08. The van der Waals surface area contributed by atoms with Crippen LogP contribution in [0.2, 0.25) is 0 Å². The molecule has 5 heteroatoms. The van der Waals surface area contributed by atoms with Gasteiger partial charge in [0.05, 0.1) is 6.61 Å². The summed E-state index contributed by atoms with van der Waals surface area (Å²) in [6.07, 6.45) is 1.52. The first-order valence-electron chi connectivity index (χ1n) is 3.90. The van der Waals surface area contributed by atoms with Gasteiger partial charge in [0.1, 0.15) is 12.9 Å². The summed E-state index contributed by atoms with van der Waals surface area (Å²) >= 11 is 0. The van der Waals surface area contributed by atoms with Crippen LogP contribution >= 0.6 is 0 Å². The molecule has 0 aliphatic rings. The number of rotatable bonds is 5. The molecule has 0 aromatic carbocycles. The van der Waals surface area contributed by atoms with Crippen molar-refractivity contribution in [2.24, 2.45) is 7.05 Å². The quantitative estimate of drug-likeness (QED) is 0.608. The van der Waals surface area contributed by atoms with E-state index in [-0.39, 0.29) is 0 Å². The van der Waals surface area contributed by atoms with Crippen LogP contribution in [0.5, 0.6) is 0 Å². The first-order valence-corrected chi connectivity index (χ1v) is 3.90. The van der Waals surface area contributed by atoms with E-state index >= 15 is 0 Å². The van der Waals surface area contributed by atoms with E-state index in [1.54, 1.807) is 4.68 Å². The van der Waals surface area contributed by atoms with Crippen LogP contribution in [0.4, 0.5) is 0 Å². The molecule has 1 aromatic rings. The molecule has 0 saturated heterocycles. The minimum Gasteiger partial charge on any atom is -0.372 e. The Morgan fingerprint density at radius 2 is 2.50 bits per heavy atom. The van der Waals surface area contributed by atoms with E-state index < -0.39 is 0 Å². The molecule has 0 spiro atoms. The molecule has 0 unspecified atom stereocenters. The van der Waals surface area contributed by atoms with Crippen LogP contribution < -0.4 is 5.32 Å². The van der Waals surface area contributed by atoms with Crippen molar-refractivity contribution < 1.29 is 4.74 Å². The lowest BCUT2D eigenvalue weighted by molar-refractivity contribution is 0.116. The summed E-state index contributed by atoms with van der Waals surface area (Å²) in [5.74, 6) is 0.853. The Balaban J connectivity index is 2.20. The Kier molecular flexibility index (Phi) is 3.69.